The van der Waals surface area contributed by atoms with Crippen LogP contribution in [0.1, 0.15) is 29.6 Å². The Labute approximate surface area is 133 Å². The highest BCUT2D eigenvalue weighted by Gasteiger charge is 2.28. The van der Waals surface area contributed by atoms with Crippen molar-refractivity contribution in [3.63, 3.8) is 0 Å². The third-order valence-corrected chi connectivity index (χ3v) is 3.74. The highest BCUT2D eigenvalue weighted by atomic mass is 16.6. The minimum Gasteiger partial charge on any atom is -0.354 e. The molecule has 0 saturated heterocycles. The molecule has 8 nitrogen and oxygen atoms in total. The van der Waals surface area contributed by atoms with E-state index in [0.29, 0.717) is 18.0 Å². The smallest absolute Gasteiger partial charge is 0.269 e. The quantitative estimate of drug-likeness (QED) is 0.476. The molecule has 0 radical (unpaired) electrons. The summed E-state index contributed by atoms with van der Waals surface area (Å²) >= 11 is 0. The van der Waals surface area contributed by atoms with E-state index in [1.165, 1.54) is 24.3 Å². The Bertz CT molecular complexity index is 584. The van der Waals surface area contributed by atoms with Gasteiger partial charge in [0.2, 0.25) is 5.91 Å². The van der Waals surface area contributed by atoms with Crippen LogP contribution in [0, 0.1) is 16.0 Å². The summed E-state index contributed by atoms with van der Waals surface area (Å²) in [7, 11) is 0. The molecule has 23 heavy (non-hydrogen) atoms. The molecule has 2 amide bonds. The van der Waals surface area contributed by atoms with E-state index in [-0.39, 0.29) is 36.5 Å². The van der Waals surface area contributed by atoms with E-state index in [1.807, 2.05) is 0 Å². The number of nitro groups is 1. The Hall–Kier alpha value is -2.48. The molecule has 0 aliphatic heterocycles. The number of carbonyl (C=O) groups excluding carboxylic acids is 2. The van der Waals surface area contributed by atoms with Crippen LogP contribution in [0.2, 0.25) is 0 Å². The summed E-state index contributed by atoms with van der Waals surface area (Å²) in [6.07, 6.45) is 2.42. The fourth-order valence-corrected chi connectivity index (χ4v) is 2.14. The van der Waals surface area contributed by atoms with Crippen LogP contribution < -0.4 is 16.4 Å². The van der Waals surface area contributed by atoms with Crippen LogP contribution in [-0.4, -0.2) is 35.9 Å². The number of benzene rings is 1. The van der Waals surface area contributed by atoms with Gasteiger partial charge >= 0.3 is 0 Å². The third-order valence-electron chi connectivity index (χ3n) is 3.74. The Balaban J connectivity index is 1.67. The molecule has 1 aliphatic carbocycles. The molecule has 2 rings (SSSR count). The van der Waals surface area contributed by atoms with Gasteiger partial charge in [-0.2, -0.15) is 0 Å². The molecule has 1 fully saturated rings. The van der Waals surface area contributed by atoms with Crippen molar-refractivity contribution in [2.45, 2.75) is 25.3 Å². The van der Waals surface area contributed by atoms with Gasteiger partial charge in [0.15, 0.2) is 0 Å². The molecule has 124 valence electrons. The van der Waals surface area contributed by atoms with Gasteiger partial charge in [-0.1, -0.05) is 0 Å². The van der Waals surface area contributed by atoms with Gasteiger partial charge in [-0.25, -0.2) is 0 Å². The predicted molar refractivity (Wildman–Crippen MR) is 83.8 cm³/mol. The highest BCUT2D eigenvalue weighted by Crippen LogP contribution is 2.31. The molecular weight excluding hydrogens is 300 g/mol. The van der Waals surface area contributed by atoms with Crippen LogP contribution >= 0.6 is 0 Å². The zero-order valence-electron chi connectivity index (χ0n) is 12.7. The van der Waals surface area contributed by atoms with Gasteiger partial charge in [-0.3, -0.25) is 19.7 Å². The Morgan fingerprint density at radius 2 is 1.91 bits per heavy atom. The Morgan fingerprint density at radius 1 is 1.26 bits per heavy atom. The van der Waals surface area contributed by atoms with Gasteiger partial charge in [0, 0.05) is 43.2 Å². The number of hydrogen-bond donors (Lipinski definition) is 3. The molecule has 1 unspecified atom stereocenters. The molecule has 1 aliphatic rings. The van der Waals surface area contributed by atoms with E-state index < -0.39 is 4.92 Å². The van der Waals surface area contributed by atoms with Crippen LogP contribution in [0.5, 0.6) is 0 Å². The summed E-state index contributed by atoms with van der Waals surface area (Å²) in [5, 5.41) is 15.9. The third kappa shape index (κ3) is 5.33. The first-order chi connectivity index (χ1) is 11.0. The van der Waals surface area contributed by atoms with Crippen molar-refractivity contribution < 1.29 is 14.5 Å². The number of nitrogens with zero attached hydrogens (tertiary/aromatic N) is 1. The van der Waals surface area contributed by atoms with Gasteiger partial charge < -0.3 is 16.4 Å². The van der Waals surface area contributed by atoms with Crippen LogP contribution in [0.25, 0.3) is 0 Å². The lowest BCUT2D eigenvalue weighted by Gasteiger charge is -2.11. The van der Waals surface area contributed by atoms with Crippen LogP contribution in [0.4, 0.5) is 5.69 Å². The minimum absolute atomic E-state index is 0.00801. The number of carbonyl (C=O) groups is 2. The van der Waals surface area contributed by atoms with E-state index in [1.54, 1.807) is 0 Å². The monoisotopic (exact) mass is 320 g/mol. The summed E-state index contributed by atoms with van der Waals surface area (Å²) < 4.78 is 0. The maximum absolute atomic E-state index is 11.8. The SMILES string of the molecule is NC(CNC(=O)CCNC(=O)c1ccc([N+](=O)[O-])cc1)C1CC1. The molecular formula is C15H20N4O4. The molecule has 0 aromatic heterocycles. The Kier molecular flexibility index (Phi) is 5.64. The number of nitrogens with one attached hydrogen (secondary N) is 2. The van der Waals surface area contributed by atoms with Gasteiger partial charge in [0.25, 0.3) is 11.6 Å². The number of nitrogens with two attached hydrogens (primary N) is 1. The van der Waals surface area contributed by atoms with E-state index >= 15 is 0 Å². The summed E-state index contributed by atoms with van der Waals surface area (Å²) in [6.45, 7) is 0.653. The summed E-state index contributed by atoms with van der Waals surface area (Å²) in [6, 6.07) is 5.29. The second-order valence-corrected chi connectivity index (χ2v) is 5.62. The fraction of sp³-hybridized carbons (Fsp3) is 0.467. The predicted octanol–water partition coefficient (Wildman–Crippen LogP) is 0.568. The average Bonchev–Trinajstić information content (AvgIpc) is 3.37. The van der Waals surface area contributed by atoms with E-state index in [9.17, 15) is 19.7 Å². The van der Waals surface area contributed by atoms with Crippen LogP contribution in [0.15, 0.2) is 24.3 Å². The van der Waals surface area contributed by atoms with Gasteiger partial charge in [-0.15, -0.1) is 0 Å². The molecule has 0 heterocycles. The zero-order valence-corrected chi connectivity index (χ0v) is 12.7. The maximum Gasteiger partial charge on any atom is 0.269 e. The largest absolute Gasteiger partial charge is 0.354 e. The lowest BCUT2D eigenvalue weighted by Crippen LogP contribution is -2.39. The van der Waals surface area contributed by atoms with Crippen molar-refractivity contribution in [2.24, 2.45) is 11.7 Å². The normalized spacial score (nSPS) is 14.8. The number of non-ortho nitro benzene ring substituents is 1. The number of nitro benzene ring substituents is 1. The molecule has 0 spiro atoms. The molecule has 1 atom stereocenters. The number of hydrogen-bond acceptors (Lipinski definition) is 5. The summed E-state index contributed by atoms with van der Waals surface area (Å²) in [4.78, 5) is 33.5. The lowest BCUT2D eigenvalue weighted by atomic mass is 10.2. The van der Waals surface area contributed by atoms with Gasteiger partial charge in [0.1, 0.15) is 0 Å². The van der Waals surface area contributed by atoms with E-state index in [4.69, 9.17) is 5.73 Å². The first-order valence-electron chi connectivity index (χ1n) is 7.52. The molecule has 8 heteroatoms. The molecule has 1 aromatic rings. The van der Waals surface area contributed by atoms with Crippen molar-refractivity contribution in [1.82, 2.24) is 10.6 Å². The molecule has 1 saturated carbocycles. The number of amides is 2. The number of rotatable bonds is 8. The van der Waals surface area contributed by atoms with Crippen LogP contribution in [-0.2, 0) is 4.79 Å². The minimum atomic E-state index is -0.529. The highest BCUT2D eigenvalue weighted by molar-refractivity contribution is 5.94. The molecule has 0 bridgehead atoms. The van der Waals surface area contributed by atoms with Crippen molar-refractivity contribution >= 4 is 17.5 Å². The van der Waals surface area contributed by atoms with E-state index in [2.05, 4.69) is 10.6 Å². The topological polar surface area (TPSA) is 127 Å². The standard InChI is InChI=1S/C15H20N4O4/c16-13(10-1-2-10)9-18-14(20)7-8-17-15(21)11-3-5-12(6-4-11)19(22)23/h3-6,10,13H,1-2,7-9,16H2,(H,17,21)(H,18,20). The average molecular weight is 320 g/mol. The van der Waals surface area contributed by atoms with Crippen molar-refractivity contribution in [3.8, 4) is 0 Å². The second kappa shape index (κ2) is 7.68. The first kappa shape index (κ1) is 16.9. The summed E-state index contributed by atoms with van der Waals surface area (Å²) in [5.41, 5.74) is 6.12. The maximum atomic E-state index is 11.8. The first-order valence-corrected chi connectivity index (χ1v) is 7.52. The van der Waals surface area contributed by atoms with Gasteiger partial charge in [-0.05, 0) is 30.9 Å². The fourth-order valence-electron chi connectivity index (χ4n) is 2.14. The Morgan fingerprint density at radius 3 is 2.48 bits per heavy atom. The molecule has 1 aromatic carbocycles. The van der Waals surface area contributed by atoms with Crippen molar-refractivity contribution in [3.05, 3.63) is 39.9 Å². The van der Waals surface area contributed by atoms with E-state index in [0.717, 1.165) is 12.8 Å². The lowest BCUT2D eigenvalue weighted by molar-refractivity contribution is -0.384. The van der Waals surface area contributed by atoms with Crippen molar-refractivity contribution in [2.75, 3.05) is 13.1 Å². The van der Waals surface area contributed by atoms with Gasteiger partial charge in [0.05, 0.1) is 4.92 Å². The van der Waals surface area contributed by atoms with Crippen molar-refractivity contribution in [1.29, 1.82) is 0 Å². The molecule has 4 N–H and O–H groups in total. The van der Waals surface area contributed by atoms with Crippen LogP contribution in [0.3, 0.4) is 0 Å². The summed E-state index contributed by atoms with van der Waals surface area (Å²) in [5.74, 6) is -0.00961. The zero-order chi connectivity index (χ0) is 16.8. The second-order valence-electron chi connectivity index (χ2n) is 5.62.